The van der Waals surface area contributed by atoms with Crippen LogP contribution < -0.4 is 4.74 Å². The molecule has 0 aliphatic heterocycles. The first-order valence-corrected chi connectivity index (χ1v) is 4.44. The fraction of sp³-hybridized carbons (Fsp3) is 0.200. The number of ether oxygens (including phenoxy) is 1. The van der Waals surface area contributed by atoms with Crippen LogP contribution in [0.1, 0.15) is 19.5 Å². The van der Waals surface area contributed by atoms with Crippen LogP contribution in [0, 0.1) is 0 Å². The second-order valence-corrected chi connectivity index (χ2v) is 2.80. The summed E-state index contributed by atoms with van der Waals surface area (Å²) in [6.07, 6.45) is 2.70. The van der Waals surface area contributed by atoms with Crippen molar-refractivity contribution < 1.29 is 19.2 Å². The predicted octanol–water partition coefficient (Wildman–Crippen LogP) is 0.904. The third-order valence-electron chi connectivity index (χ3n) is 1.41. The Morgan fingerprint density at radius 1 is 1.38 bits per heavy atom. The minimum absolute atomic E-state index is 0.255. The van der Waals surface area contributed by atoms with Gasteiger partial charge >= 0.3 is 11.9 Å². The van der Waals surface area contributed by atoms with Gasteiger partial charge in [-0.05, 0) is 12.1 Å². The first kappa shape index (κ1) is 11.8. The molecule has 0 N–H and O–H groups in total. The molecular formula is C10H10N2O4. The summed E-state index contributed by atoms with van der Waals surface area (Å²) in [7, 11) is 0. The fourth-order valence-electron chi connectivity index (χ4n) is 0.891. The highest BCUT2D eigenvalue weighted by molar-refractivity contribution is 5.83. The molecule has 0 aliphatic rings. The van der Waals surface area contributed by atoms with E-state index in [1.165, 1.54) is 26.3 Å². The van der Waals surface area contributed by atoms with E-state index in [-0.39, 0.29) is 5.75 Å². The molecule has 0 aliphatic carbocycles. The fourth-order valence-corrected chi connectivity index (χ4v) is 0.891. The summed E-state index contributed by atoms with van der Waals surface area (Å²) in [4.78, 5) is 29.5. The number of oxime groups is 1. The average Bonchev–Trinajstić information content (AvgIpc) is 2.19. The Hall–Kier alpha value is -2.24. The Morgan fingerprint density at radius 3 is 2.75 bits per heavy atom. The lowest BCUT2D eigenvalue weighted by Crippen LogP contribution is -2.05. The van der Waals surface area contributed by atoms with Crippen molar-refractivity contribution in [3.8, 4) is 5.75 Å². The molecule has 0 unspecified atom stereocenters. The van der Waals surface area contributed by atoms with Crippen molar-refractivity contribution in [2.75, 3.05) is 0 Å². The van der Waals surface area contributed by atoms with Gasteiger partial charge in [0.15, 0.2) is 5.75 Å². The lowest BCUT2D eigenvalue weighted by molar-refractivity contribution is -0.141. The van der Waals surface area contributed by atoms with E-state index in [2.05, 4.69) is 15.0 Å². The van der Waals surface area contributed by atoms with Gasteiger partial charge in [-0.15, -0.1) is 0 Å². The van der Waals surface area contributed by atoms with Crippen LogP contribution in [-0.4, -0.2) is 23.1 Å². The van der Waals surface area contributed by atoms with Crippen LogP contribution in [0.3, 0.4) is 0 Å². The van der Waals surface area contributed by atoms with Gasteiger partial charge in [0, 0.05) is 20.0 Å². The third kappa shape index (κ3) is 3.87. The lowest BCUT2D eigenvalue weighted by Gasteiger charge is -2.02. The average molecular weight is 222 g/mol. The highest BCUT2D eigenvalue weighted by atomic mass is 16.7. The van der Waals surface area contributed by atoms with Gasteiger partial charge in [-0.2, -0.15) is 0 Å². The summed E-state index contributed by atoms with van der Waals surface area (Å²) in [6, 6.07) is 3.17. The first-order valence-electron chi connectivity index (χ1n) is 4.44. The zero-order valence-corrected chi connectivity index (χ0v) is 8.84. The van der Waals surface area contributed by atoms with Gasteiger partial charge in [0.05, 0.1) is 6.21 Å². The number of hydrogen-bond acceptors (Lipinski definition) is 6. The van der Waals surface area contributed by atoms with Crippen molar-refractivity contribution in [1.29, 1.82) is 0 Å². The number of carbonyl (C=O) groups excluding carboxylic acids is 2. The minimum Gasteiger partial charge on any atom is -0.424 e. The number of carbonyl (C=O) groups is 2. The van der Waals surface area contributed by atoms with E-state index in [1.807, 2.05) is 0 Å². The van der Waals surface area contributed by atoms with Crippen molar-refractivity contribution in [2.24, 2.45) is 5.16 Å². The summed E-state index contributed by atoms with van der Waals surface area (Å²) in [6.45, 7) is 2.50. The Morgan fingerprint density at radius 2 is 2.12 bits per heavy atom. The summed E-state index contributed by atoms with van der Waals surface area (Å²) in [5.41, 5.74) is 0.305. The molecule has 0 aromatic carbocycles. The van der Waals surface area contributed by atoms with Crippen LogP contribution in [0.4, 0.5) is 0 Å². The summed E-state index contributed by atoms with van der Waals surface area (Å²) >= 11 is 0. The standard InChI is InChI=1S/C10H10N2O4/c1-7(13)15-10-4-3-5-11-9(10)6-12-16-8(2)14/h3-6H,1-2H3. The molecule has 84 valence electrons. The normalized spacial score (nSPS) is 10.1. The molecule has 16 heavy (non-hydrogen) atoms. The van der Waals surface area contributed by atoms with Crippen molar-refractivity contribution in [3.05, 3.63) is 24.0 Å². The SMILES string of the molecule is CC(=O)ON=Cc1ncccc1OC(C)=O. The van der Waals surface area contributed by atoms with Crippen LogP contribution in [0.5, 0.6) is 5.75 Å². The molecule has 6 nitrogen and oxygen atoms in total. The van der Waals surface area contributed by atoms with E-state index < -0.39 is 11.9 Å². The van der Waals surface area contributed by atoms with Gasteiger partial charge < -0.3 is 9.57 Å². The van der Waals surface area contributed by atoms with Gasteiger partial charge in [0.25, 0.3) is 0 Å². The Labute approximate surface area is 91.9 Å². The van der Waals surface area contributed by atoms with Crippen molar-refractivity contribution in [2.45, 2.75) is 13.8 Å². The van der Waals surface area contributed by atoms with Gasteiger partial charge in [0.2, 0.25) is 0 Å². The van der Waals surface area contributed by atoms with E-state index in [1.54, 1.807) is 12.1 Å². The molecule has 6 heteroatoms. The topological polar surface area (TPSA) is 77.8 Å². The molecule has 0 atom stereocenters. The second-order valence-electron chi connectivity index (χ2n) is 2.80. The molecule has 0 saturated carbocycles. The molecular weight excluding hydrogens is 212 g/mol. The van der Waals surface area contributed by atoms with Crippen molar-refractivity contribution in [3.63, 3.8) is 0 Å². The van der Waals surface area contributed by atoms with Crippen LogP contribution >= 0.6 is 0 Å². The van der Waals surface area contributed by atoms with E-state index in [4.69, 9.17) is 4.74 Å². The van der Waals surface area contributed by atoms with Crippen LogP contribution in [-0.2, 0) is 14.4 Å². The molecule has 0 spiro atoms. The highest BCUT2D eigenvalue weighted by Gasteiger charge is 2.04. The molecule has 0 saturated heterocycles. The van der Waals surface area contributed by atoms with Crippen molar-refractivity contribution >= 4 is 18.2 Å². The molecule has 1 heterocycles. The van der Waals surface area contributed by atoms with E-state index in [0.29, 0.717) is 5.69 Å². The predicted molar refractivity (Wildman–Crippen MR) is 54.9 cm³/mol. The van der Waals surface area contributed by atoms with Gasteiger partial charge in [-0.1, -0.05) is 5.16 Å². The minimum atomic E-state index is -0.541. The van der Waals surface area contributed by atoms with E-state index >= 15 is 0 Å². The lowest BCUT2D eigenvalue weighted by atomic mass is 10.3. The first-order chi connectivity index (χ1) is 7.59. The van der Waals surface area contributed by atoms with Crippen molar-refractivity contribution in [1.82, 2.24) is 4.98 Å². The maximum atomic E-state index is 10.8. The zero-order valence-electron chi connectivity index (χ0n) is 8.84. The summed E-state index contributed by atoms with van der Waals surface area (Å²) in [5, 5.41) is 3.38. The second kappa shape index (κ2) is 5.59. The maximum absolute atomic E-state index is 10.8. The number of nitrogens with zero attached hydrogens (tertiary/aromatic N) is 2. The number of pyridine rings is 1. The number of esters is 1. The molecule has 1 rings (SSSR count). The molecule has 0 amide bonds. The summed E-state index contributed by atoms with van der Waals surface area (Å²) < 4.78 is 4.87. The maximum Gasteiger partial charge on any atom is 0.331 e. The van der Waals surface area contributed by atoms with Gasteiger partial charge in [-0.25, -0.2) is 4.79 Å². The van der Waals surface area contributed by atoms with E-state index in [9.17, 15) is 9.59 Å². The summed E-state index contributed by atoms with van der Waals surface area (Å²) in [5.74, 6) is -0.748. The number of aromatic nitrogens is 1. The molecule has 1 aromatic rings. The smallest absolute Gasteiger partial charge is 0.331 e. The quantitative estimate of drug-likeness (QED) is 0.328. The van der Waals surface area contributed by atoms with Gasteiger partial charge in [-0.3, -0.25) is 9.78 Å². The zero-order chi connectivity index (χ0) is 12.0. The van der Waals surface area contributed by atoms with Crippen LogP contribution in [0.25, 0.3) is 0 Å². The Bertz CT molecular complexity index is 429. The van der Waals surface area contributed by atoms with Crippen LogP contribution in [0.15, 0.2) is 23.5 Å². The number of rotatable bonds is 3. The largest absolute Gasteiger partial charge is 0.424 e. The monoisotopic (exact) mass is 222 g/mol. The van der Waals surface area contributed by atoms with E-state index in [0.717, 1.165) is 0 Å². The van der Waals surface area contributed by atoms with Gasteiger partial charge in [0.1, 0.15) is 5.69 Å². The Balaban J connectivity index is 2.82. The third-order valence-corrected chi connectivity index (χ3v) is 1.41. The number of hydrogen-bond donors (Lipinski definition) is 0. The highest BCUT2D eigenvalue weighted by Crippen LogP contribution is 2.13. The van der Waals surface area contributed by atoms with Crippen LogP contribution in [0.2, 0.25) is 0 Å². The molecule has 1 aromatic heterocycles. The molecule has 0 fully saturated rings. The molecule has 0 radical (unpaired) electrons. The Kier molecular flexibility index (Phi) is 4.14. The molecule has 0 bridgehead atoms.